The van der Waals surface area contributed by atoms with Gasteiger partial charge in [-0.1, -0.05) is 0 Å². The van der Waals surface area contributed by atoms with Crippen molar-refractivity contribution in [2.24, 2.45) is 0 Å². The largest absolute Gasteiger partial charge is 0.417 e. The van der Waals surface area contributed by atoms with Gasteiger partial charge in [0.1, 0.15) is 11.3 Å². The van der Waals surface area contributed by atoms with Gasteiger partial charge >= 0.3 is 6.18 Å². The molecule has 0 spiro atoms. The molecule has 2 aromatic rings. The molecule has 0 aromatic carbocycles. The van der Waals surface area contributed by atoms with E-state index in [1.807, 2.05) is 0 Å². The van der Waals surface area contributed by atoms with Crippen LogP contribution < -0.4 is 11.3 Å². The maximum absolute atomic E-state index is 12.4. The summed E-state index contributed by atoms with van der Waals surface area (Å²) in [6.07, 6.45) is -2.70. The topological polar surface area (TPSA) is 60.4 Å². The minimum atomic E-state index is -4.50. The van der Waals surface area contributed by atoms with Gasteiger partial charge in [0, 0.05) is 6.20 Å². The van der Waals surface area contributed by atoms with Crippen LogP contribution >= 0.6 is 0 Å². The number of nitrogens with two attached hydrogens (primary N) is 1. The molecule has 0 atom stereocenters. The van der Waals surface area contributed by atoms with Crippen molar-refractivity contribution in [3.63, 3.8) is 0 Å². The molecule has 4 nitrogen and oxygen atoms in total. The Morgan fingerprint density at radius 3 is 2.62 bits per heavy atom. The van der Waals surface area contributed by atoms with E-state index in [4.69, 9.17) is 5.73 Å². The number of nitrogen functional groups attached to an aromatic ring is 1. The Hall–Kier alpha value is -2.05. The van der Waals surface area contributed by atoms with Gasteiger partial charge in [-0.15, -0.1) is 0 Å². The van der Waals surface area contributed by atoms with Crippen molar-refractivity contribution in [2.75, 3.05) is 5.73 Å². The van der Waals surface area contributed by atoms with E-state index >= 15 is 0 Å². The van der Waals surface area contributed by atoms with E-state index in [1.54, 1.807) is 0 Å². The molecule has 84 valence electrons. The van der Waals surface area contributed by atoms with E-state index in [0.29, 0.717) is 6.20 Å². The van der Waals surface area contributed by atoms with Gasteiger partial charge in [0.2, 0.25) is 0 Å². The Morgan fingerprint density at radius 2 is 2.00 bits per heavy atom. The summed E-state index contributed by atoms with van der Waals surface area (Å²) in [4.78, 5) is 15.2. The summed E-state index contributed by atoms with van der Waals surface area (Å²) in [6.45, 7) is 0. The van der Waals surface area contributed by atoms with E-state index in [2.05, 4.69) is 4.98 Å². The van der Waals surface area contributed by atoms with Crippen LogP contribution in [0.4, 0.5) is 18.9 Å². The lowest BCUT2D eigenvalue weighted by molar-refractivity contribution is -0.137. The van der Waals surface area contributed by atoms with Crippen LogP contribution in [0.5, 0.6) is 0 Å². The van der Waals surface area contributed by atoms with Crippen molar-refractivity contribution < 1.29 is 13.2 Å². The number of aromatic nitrogens is 2. The standard InChI is InChI=1S/C9H6F3N3O/c10-9(11,12)5-1-2-7-14-3-6(13)8(16)15(7)4-5/h1-4H,13H2. The maximum atomic E-state index is 12.4. The summed E-state index contributed by atoms with van der Waals surface area (Å²) >= 11 is 0. The van der Waals surface area contributed by atoms with Crippen LogP contribution in [-0.4, -0.2) is 9.38 Å². The van der Waals surface area contributed by atoms with Gasteiger partial charge in [-0.25, -0.2) is 4.98 Å². The van der Waals surface area contributed by atoms with Crippen molar-refractivity contribution in [3.8, 4) is 0 Å². The van der Waals surface area contributed by atoms with Crippen LogP contribution in [0.3, 0.4) is 0 Å². The number of pyridine rings is 1. The minimum Gasteiger partial charge on any atom is -0.393 e. The lowest BCUT2D eigenvalue weighted by Gasteiger charge is -2.08. The molecule has 0 saturated carbocycles. The van der Waals surface area contributed by atoms with E-state index in [9.17, 15) is 18.0 Å². The molecular weight excluding hydrogens is 223 g/mol. The molecule has 2 heterocycles. The highest BCUT2D eigenvalue weighted by atomic mass is 19.4. The van der Waals surface area contributed by atoms with Gasteiger partial charge in [-0.05, 0) is 12.1 Å². The van der Waals surface area contributed by atoms with Crippen molar-refractivity contribution in [1.29, 1.82) is 0 Å². The highest BCUT2D eigenvalue weighted by Gasteiger charge is 2.30. The van der Waals surface area contributed by atoms with Crippen LogP contribution in [0.15, 0.2) is 29.3 Å². The second-order valence-electron chi connectivity index (χ2n) is 3.16. The summed E-state index contributed by atoms with van der Waals surface area (Å²) in [5, 5.41) is 0. The third kappa shape index (κ3) is 1.60. The lowest BCUT2D eigenvalue weighted by atomic mass is 10.2. The summed E-state index contributed by atoms with van der Waals surface area (Å²) in [5.74, 6) is 0. The second-order valence-corrected chi connectivity index (χ2v) is 3.16. The first kappa shape index (κ1) is 10.5. The van der Waals surface area contributed by atoms with E-state index in [-0.39, 0.29) is 11.3 Å². The Morgan fingerprint density at radius 1 is 1.31 bits per heavy atom. The molecule has 0 unspecified atom stereocenters. The normalized spacial score (nSPS) is 11.9. The Labute approximate surface area is 87.1 Å². The maximum Gasteiger partial charge on any atom is 0.417 e. The monoisotopic (exact) mass is 229 g/mol. The molecule has 0 bridgehead atoms. The Balaban J connectivity index is 2.79. The molecule has 0 amide bonds. The highest BCUT2D eigenvalue weighted by molar-refractivity contribution is 5.45. The van der Waals surface area contributed by atoms with Crippen molar-refractivity contribution in [2.45, 2.75) is 6.18 Å². The van der Waals surface area contributed by atoms with Gasteiger partial charge in [-0.3, -0.25) is 9.20 Å². The molecule has 2 N–H and O–H groups in total. The van der Waals surface area contributed by atoms with Crippen LogP contribution in [-0.2, 0) is 6.18 Å². The number of alkyl halides is 3. The first-order chi connectivity index (χ1) is 7.39. The number of hydrogen-bond donors (Lipinski definition) is 1. The molecule has 2 rings (SSSR count). The predicted octanol–water partition coefficient (Wildman–Crippen LogP) is 1.30. The molecular formula is C9H6F3N3O. The van der Waals surface area contributed by atoms with E-state index in [1.165, 1.54) is 0 Å². The van der Waals surface area contributed by atoms with Gasteiger partial charge < -0.3 is 5.73 Å². The Bertz CT molecular complexity index is 603. The summed E-state index contributed by atoms with van der Waals surface area (Å²) in [7, 11) is 0. The van der Waals surface area contributed by atoms with Crippen molar-refractivity contribution in [1.82, 2.24) is 9.38 Å². The van der Waals surface area contributed by atoms with Gasteiger partial charge in [-0.2, -0.15) is 13.2 Å². The van der Waals surface area contributed by atoms with Crippen LogP contribution in [0.1, 0.15) is 5.56 Å². The predicted molar refractivity (Wildman–Crippen MR) is 50.9 cm³/mol. The lowest BCUT2D eigenvalue weighted by Crippen LogP contribution is -2.19. The number of anilines is 1. The number of fused-ring (bicyclic) bond motifs is 1. The summed E-state index contributed by atoms with van der Waals surface area (Å²) in [6, 6.07) is 1.97. The zero-order chi connectivity index (χ0) is 11.9. The van der Waals surface area contributed by atoms with Crippen LogP contribution in [0.25, 0.3) is 5.65 Å². The number of hydrogen-bond acceptors (Lipinski definition) is 3. The fourth-order valence-electron chi connectivity index (χ4n) is 1.26. The van der Waals surface area contributed by atoms with Gasteiger partial charge in [0.15, 0.2) is 0 Å². The summed E-state index contributed by atoms with van der Waals surface area (Å²) in [5.41, 5.74) is 3.55. The number of rotatable bonds is 0. The average Bonchev–Trinajstić information content (AvgIpc) is 2.22. The molecule has 0 aliphatic heterocycles. The smallest absolute Gasteiger partial charge is 0.393 e. The SMILES string of the molecule is Nc1cnc2ccc(C(F)(F)F)cn2c1=O. The van der Waals surface area contributed by atoms with E-state index in [0.717, 1.165) is 22.7 Å². The fraction of sp³-hybridized carbons (Fsp3) is 0.111. The van der Waals surface area contributed by atoms with E-state index < -0.39 is 17.3 Å². The number of nitrogens with zero attached hydrogens (tertiary/aromatic N) is 2. The second kappa shape index (κ2) is 3.22. The molecule has 0 fully saturated rings. The molecule has 0 saturated heterocycles. The quantitative estimate of drug-likeness (QED) is 0.740. The summed E-state index contributed by atoms with van der Waals surface area (Å²) < 4.78 is 37.9. The molecule has 0 radical (unpaired) electrons. The molecule has 7 heteroatoms. The molecule has 2 aromatic heterocycles. The molecule has 0 aliphatic carbocycles. The van der Waals surface area contributed by atoms with Crippen LogP contribution in [0.2, 0.25) is 0 Å². The molecule has 16 heavy (non-hydrogen) atoms. The molecule has 0 aliphatic rings. The highest BCUT2D eigenvalue weighted by Crippen LogP contribution is 2.28. The fourth-order valence-corrected chi connectivity index (χ4v) is 1.26. The third-order valence-corrected chi connectivity index (χ3v) is 2.06. The first-order valence-corrected chi connectivity index (χ1v) is 4.23. The Kier molecular flexibility index (Phi) is 2.11. The third-order valence-electron chi connectivity index (χ3n) is 2.06. The average molecular weight is 229 g/mol. The van der Waals surface area contributed by atoms with Crippen molar-refractivity contribution in [3.05, 3.63) is 40.4 Å². The van der Waals surface area contributed by atoms with Crippen molar-refractivity contribution >= 4 is 11.3 Å². The zero-order valence-electron chi connectivity index (χ0n) is 7.82. The zero-order valence-corrected chi connectivity index (χ0v) is 7.82. The van der Waals surface area contributed by atoms with Gasteiger partial charge in [0.25, 0.3) is 5.56 Å². The first-order valence-electron chi connectivity index (χ1n) is 4.23. The minimum absolute atomic E-state index is 0.118. The number of halogens is 3. The van der Waals surface area contributed by atoms with Gasteiger partial charge in [0.05, 0.1) is 11.8 Å². The van der Waals surface area contributed by atoms with Crippen LogP contribution in [0, 0.1) is 0 Å².